The number of fused-ring (bicyclic) bond motifs is 1. The number of rotatable bonds is 6. The molecule has 2 aliphatic heterocycles. The number of aliphatic imine (C=N–C) groups is 1. The van der Waals surface area contributed by atoms with Gasteiger partial charge in [0.1, 0.15) is 5.75 Å². The molecular formula is C22H24N2O4S2. The first-order valence-corrected chi connectivity index (χ1v) is 12.6. The smallest absolute Gasteiger partial charge is 0.248 e. The number of hydrogen-bond donors (Lipinski definition) is 0. The summed E-state index contributed by atoms with van der Waals surface area (Å²) in [6.45, 7) is 0. The van der Waals surface area contributed by atoms with Crippen LogP contribution in [-0.4, -0.2) is 49.4 Å². The lowest BCUT2D eigenvalue weighted by molar-refractivity contribution is -0.117. The highest BCUT2D eigenvalue weighted by Crippen LogP contribution is 2.43. The van der Waals surface area contributed by atoms with Crippen molar-refractivity contribution < 1.29 is 17.9 Å². The summed E-state index contributed by atoms with van der Waals surface area (Å²) in [5.74, 6) is 0.613. The first kappa shape index (κ1) is 20.9. The van der Waals surface area contributed by atoms with Crippen molar-refractivity contribution >= 4 is 38.4 Å². The zero-order valence-corrected chi connectivity index (χ0v) is 18.4. The van der Waals surface area contributed by atoms with E-state index in [9.17, 15) is 13.2 Å². The number of anilines is 1. The van der Waals surface area contributed by atoms with Gasteiger partial charge in [-0.25, -0.2) is 8.42 Å². The Morgan fingerprint density at radius 1 is 1.13 bits per heavy atom. The molecule has 2 aromatic rings. The van der Waals surface area contributed by atoms with Crippen LogP contribution in [0.15, 0.2) is 59.6 Å². The van der Waals surface area contributed by atoms with Crippen molar-refractivity contribution in [2.75, 3.05) is 23.5 Å². The van der Waals surface area contributed by atoms with Gasteiger partial charge in [-0.15, -0.1) is 0 Å². The average molecular weight is 445 g/mol. The molecule has 0 spiro atoms. The van der Waals surface area contributed by atoms with Gasteiger partial charge in [0.2, 0.25) is 5.91 Å². The lowest BCUT2D eigenvalue weighted by atomic mass is 10.1. The second-order valence-corrected chi connectivity index (χ2v) is 10.8. The Labute approximate surface area is 181 Å². The zero-order valence-electron chi connectivity index (χ0n) is 16.7. The number of carbonyl (C=O) groups excluding carboxylic acids is 1. The maximum absolute atomic E-state index is 12.6. The molecule has 2 atom stereocenters. The monoisotopic (exact) mass is 444 g/mol. The number of para-hydroxylation sites is 2. The fraction of sp³-hybridized carbons (Fsp3) is 0.364. The summed E-state index contributed by atoms with van der Waals surface area (Å²) >= 11 is 1.38. The molecule has 2 aromatic carbocycles. The molecule has 4 rings (SSSR count). The van der Waals surface area contributed by atoms with Crippen molar-refractivity contribution in [1.29, 1.82) is 0 Å². The van der Waals surface area contributed by atoms with E-state index >= 15 is 0 Å². The number of hydrogen-bond acceptors (Lipinski definition) is 5. The lowest BCUT2D eigenvalue weighted by Crippen LogP contribution is -2.38. The van der Waals surface area contributed by atoms with Crippen molar-refractivity contribution in [2.45, 2.75) is 30.6 Å². The summed E-state index contributed by atoms with van der Waals surface area (Å²) in [6.07, 6.45) is 1.90. The van der Waals surface area contributed by atoms with Crippen LogP contribution in [0.5, 0.6) is 5.75 Å². The Hall–Kier alpha value is -2.32. The Morgan fingerprint density at radius 3 is 2.63 bits per heavy atom. The minimum atomic E-state index is -3.11. The summed E-state index contributed by atoms with van der Waals surface area (Å²) in [5.41, 5.74) is 1.94. The number of amides is 1. The number of nitrogens with zero attached hydrogens (tertiary/aromatic N) is 2. The van der Waals surface area contributed by atoms with Crippen LogP contribution in [0.2, 0.25) is 0 Å². The Kier molecular flexibility index (Phi) is 6.15. The third-order valence-corrected chi connectivity index (χ3v) is 8.54. The first-order chi connectivity index (χ1) is 14.5. The van der Waals surface area contributed by atoms with Gasteiger partial charge in [-0.2, -0.15) is 4.99 Å². The van der Waals surface area contributed by atoms with E-state index in [1.54, 1.807) is 7.11 Å². The van der Waals surface area contributed by atoms with Crippen molar-refractivity contribution in [2.24, 2.45) is 4.99 Å². The molecule has 0 aromatic heterocycles. The minimum Gasteiger partial charge on any atom is -0.495 e. The molecule has 30 heavy (non-hydrogen) atoms. The first-order valence-electron chi connectivity index (χ1n) is 9.91. The van der Waals surface area contributed by atoms with E-state index in [0.29, 0.717) is 17.3 Å². The third-order valence-electron chi connectivity index (χ3n) is 5.33. The second-order valence-electron chi connectivity index (χ2n) is 7.47. The fourth-order valence-corrected chi connectivity index (χ4v) is 7.85. The number of benzene rings is 2. The maximum Gasteiger partial charge on any atom is 0.248 e. The van der Waals surface area contributed by atoms with E-state index in [1.807, 2.05) is 59.5 Å². The molecule has 2 aliphatic rings. The predicted octanol–water partition coefficient (Wildman–Crippen LogP) is 3.32. The van der Waals surface area contributed by atoms with E-state index in [1.165, 1.54) is 17.3 Å². The van der Waals surface area contributed by atoms with Gasteiger partial charge in [-0.05, 0) is 30.5 Å². The quantitative estimate of drug-likeness (QED) is 0.680. The van der Waals surface area contributed by atoms with Crippen LogP contribution in [0.25, 0.3) is 0 Å². The molecule has 2 saturated heterocycles. The number of amidine groups is 1. The van der Waals surface area contributed by atoms with Gasteiger partial charge in [-0.3, -0.25) is 4.79 Å². The number of methoxy groups -OCH3 is 1. The summed E-state index contributed by atoms with van der Waals surface area (Å²) in [4.78, 5) is 18.9. The maximum atomic E-state index is 12.6. The molecule has 0 saturated carbocycles. The number of ether oxygens (including phenoxy) is 1. The Balaban J connectivity index is 1.54. The fourth-order valence-electron chi connectivity index (χ4n) is 3.93. The Bertz CT molecular complexity index is 1050. The van der Waals surface area contributed by atoms with Gasteiger partial charge in [0.05, 0.1) is 30.3 Å². The van der Waals surface area contributed by atoms with E-state index in [0.717, 1.165) is 18.5 Å². The van der Waals surface area contributed by atoms with Gasteiger partial charge >= 0.3 is 0 Å². The number of aryl methyl sites for hydroxylation is 1. The number of thioether (sulfide) groups is 1. The standard InChI is InChI=1S/C22H24N2O4S2/c1-28-19-12-6-5-11-17(19)24-18-14-30(26,27)15-20(18)29-22(24)23-21(25)13-7-10-16-8-3-2-4-9-16/h2-6,8-9,11-12,18,20H,7,10,13-15H2,1H3/t18-,20-/m1/s1. The molecule has 1 amide bonds. The van der Waals surface area contributed by atoms with Crippen LogP contribution in [0.4, 0.5) is 5.69 Å². The lowest BCUT2D eigenvalue weighted by Gasteiger charge is -2.26. The van der Waals surface area contributed by atoms with Crippen LogP contribution in [0, 0.1) is 0 Å². The highest BCUT2D eigenvalue weighted by atomic mass is 32.2. The summed E-state index contributed by atoms with van der Waals surface area (Å²) < 4.78 is 29.9. The second kappa shape index (κ2) is 8.81. The minimum absolute atomic E-state index is 0.0595. The van der Waals surface area contributed by atoms with E-state index in [-0.39, 0.29) is 28.7 Å². The zero-order chi connectivity index (χ0) is 21.1. The molecule has 0 radical (unpaired) electrons. The molecular weight excluding hydrogens is 420 g/mol. The highest BCUT2D eigenvalue weighted by molar-refractivity contribution is 8.16. The van der Waals surface area contributed by atoms with Crippen LogP contribution in [0.1, 0.15) is 18.4 Å². The van der Waals surface area contributed by atoms with Crippen molar-refractivity contribution in [3.05, 3.63) is 60.2 Å². The topological polar surface area (TPSA) is 76.0 Å². The van der Waals surface area contributed by atoms with Crippen LogP contribution in [0.3, 0.4) is 0 Å². The highest BCUT2D eigenvalue weighted by Gasteiger charge is 2.49. The van der Waals surface area contributed by atoms with Crippen molar-refractivity contribution in [1.82, 2.24) is 0 Å². The SMILES string of the molecule is COc1ccccc1N1C(=NC(=O)CCCc2ccccc2)S[C@@H]2CS(=O)(=O)C[C@H]21. The van der Waals surface area contributed by atoms with Crippen molar-refractivity contribution in [3.8, 4) is 5.75 Å². The largest absolute Gasteiger partial charge is 0.495 e. The Morgan fingerprint density at radius 2 is 1.87 bits per heavy atom. The van der Waals surface area contributed by atoms with Crippen molar-refractivity contribution in [3.63, 3.8) is 0 Å². The summed E-state index contributed by atoms with van der Waals surface area (Å²) in [5, 5.41) is 0.435. The van der Waals surface area contributed by atoms with Gasteiger partial charge in [-0.1, -0.05) is 54.2 Å². The van der Waals surface area contributed by atoms with E-state index in [4.69, 9.17) is 4.74 Å². The number of carbonyl (C=O) groups is 1. The third kappa shape index (κ3) is 4.54. The molecule has 8 heteroatoms. The molecule has 2 fully saturated rings. The summed E-state index contributed by atoms with van der Waals surface area (Å²) in [7, 11) is -1.53. The predicted molar refractivity (Wildman–Crippen MR) is 121 cm³/mol. The van der Waals surface area contributed by atoms with E-state index in [2.05, 4.69) is 4.99 Å². The van der Waals surface area contributed by atoms with Gasteiger partial charge in [0.25, 0.3) is 0 Å². The molecule has 0 bridgehead atoms. The number of sulfone groups is 1. The van der Waals surface area contributed by atoms with Gasteiger partial charge < -0.3 is 9.64 Å². The van der Waals surface area contributed by atoms with Crippen LogP contribution < -0.4 is 9.64 Å². The molecule has 158 valence electrons. The molecule has 2 heterocycles. The molecule has 0 N–H and O–H groups in total. The summed E-state index contributed by atoms with van der Waals surface area (Å²) in [6, 6.07) is 17.3. The molecule has 0 aliphatic carbocycles. The van der Waals surface area contributed by atoms with Crippen LogP contribution >= 0.6 is 11.8 Å². The van der Waals surface area contributed by atoms with E-state index < -0.39 is 9.84 Å². The average Bonchev–Trinajstić information content (AvgIpc) is 3.19. The van der Waals surface area contributed by atoms with Gasteiger partial charge in [0, 0.05) is 11.7 Å². The normalized spacial score (nSPS) is 23.5. The molecule has 6 nitrogen and oxygen atoms in total. The van der Waals surface area contributed by atoms with Gasteiger partial charge in [0.15, 0.2) is 15.0 Å². The molecule has 0 unspecified atom stereocenters. The van der Waals surface area contributed by atoms with Crippen LogP contribution in [-0.2, 0) is 21.1 Å².